The predicted octanol–water partition coefficient (Wildman–Crippen LogP) is 4.63. The quantitative estimate of drug-likeness (QED) is 0.715. The van der Waals surface area contributed by atoms with E-state index in [0.29, 0.717) is 18.7 Å². The van der Waals surface area contributed by atoms with E-state index in [9.17, 15) is 4.79 Å². The van der Waals surface area contributed by atoms with Gasteiger partial charge < -0.3 is 24.6 Å². The Labute approximate surface area is 201 Å². The van der Waals surface area contributed by atoms with Crippen LogP contribution in [0.1, 0.15) is 51.5 Å². The van der Waals surface area contributed by atoms with E-state index in [2.05, 4.69) is 53.3 Å². The van der Waals surface area contributed by atoms with Crippen molar-refractivity contribution in [1.82, 2.24) is 4.98 Å². The summed E-state index contributed by atoms with van der Waals surface area (Å²) in [6.45, 7) is 6.41. The highest BCUT2D eigenvalue weighted by atomic mass is 16.5. The molecule has 6 rings (SSSR count). The normalized spacial score (nSPS) is 27.9. The number of benzene rings is 1. The molecule has 2 atom stereocenters. The van der Waals surface area contributed by atoms with Crippen molar-refractivity contribution in [2.75, 3.05) is 28.3 Å². The summed E-state index contributed by atoms with van der Waals surface area (Å²) in [4.78, 5) is 23.0. The van der Waals surface area contributed by atoms with Crippen LogP contribution in [0.5, 0.6) is 0 Å². The lowest BCUT2D eigenvalue weighted by Gasteiger charge is -2.34. The molecule has 1 unspecified atom stereocenters. The maximum atomic E-state index is 14.0. The smallest absolute Gasteiger partial charge is 0.230 e. The third-order valence-corrected chi connectivity index (χ3v) is 7.73. The van der Waals surface area contributed by atoms with Gasteiger partial charge in [0.2, 0.25) is 5.91 Å². The molecule has 7 nitrogen and oxygen atoms in total. The van der Waals surface area contributed by atoms with Crippen LogP contribution in [-0.4, -0.2) is 48.4 Å². The molecule has 0 radical (unpaired) electrons. The first-order valence-corrected chi connectivity index (χ1v) is 12.7. The van der Waals surface area contributed by atoms with Crippen LogP contribution >= 0.6 is 0 Å². The first-order chi connectivity index (χ1) is 16.5. The van der Waals surface area contributed by atoms with Crippen molar-refractivity contribution in [3.05, 3.63) is 42.1 Å². The maximum Gasteiger partial charge on any atom is 0.230 e. The van der Waals surface area contributed by atoms with Crippen molar-refractivity contribution in [3.8, 4) is 0 Å². The lowest BCUT2D eigenvalue weighted by Crippen LogP contribution is -2.39. The number of rotatable bonds is 4. The standard InChI is InChI=1S/C27H34N4O3/c1-17(2)34-22-8-5-18(6-9-22)27(32)31-14-19-4-3-11-28-26(19)29-24-10-7-20(13-25(24)31)30-15-23-12-21(30)16-33-23/h3-4,7,10-11,13,17-18,21-23H,5-6,8-9,12,14-16H2,1-2H3,(H,28,29)/t18?,21?,22?,23-/m1/s1. The van der Waals surface area contributed by atoms with Crippen LogP contribution in [-0.2, 0) is 20.8 Å². The minimum atomic E-state index is 0.0259. The molecule has 2 bridgehead atoms. The summed E-state index contributed by atoms with van der Waals surface area (Å²) < 4.78 is 11.8. The summed E-state index contributed by atoms with van der Waals surface area (Å²) in [6.07, 6.45) is 7.37. The number of pyridine rings is 1. The van der Waals surface area contributed by atoms with Gasteiger partial charge >= 0.3 is 0 Å². The zero-order chi connectivity index (χ0) is 23.2. The zero-order valence-electron chi connectivity index (χ0n) is 20.1. The number of ether oxygens (including phenoxy) is 2. The second-order valence-electron chi connectivity index (χ2n) is 10.4. The monoisotopic (exact) mass is 462 g/mol. The van der Waals surface area contributed by atoms with E-state index in [1.807, 2.05) is 11.0 Å². The number of carbonyl (C=O) groups is 1. The Morgan fingerprint density at radius 2 is 2.06 bits per heavy atom. The SMILES string of the molecule is CC(C)OC1CCC(C(=O)N2Cc3cccnc3Nc3ccc(N4C[C@H]5CC4CO5)cc32)CC1. The number of hydrogen-bond acceptors (Lipinski definition) is 6. The molecule has 2 aromatic rings. The first-order valence-electron chi connectivity index (χ1n) is 12.7. The van der Waals surface area contributed by atoms with Gasteiger partial charge in [0.05, 0.1) is 48.9 Å². The number of amides is 1. The number of hydrogen-bond donors (Lipinski definition) is 1. The van der Waals surface area contributed by atoms with Crippen molar-refractivity contribution < 1.29 is 14.3 Å². The van der Waals surface area contributed by atoms with Crippen LogP contribution in [0.2, 0.25) is 0 Å². The molecule has 7 heteroatoms. The Morgan fingerprint density at radius 1 is 1.21 bits per heavy atom. The van der Waals surface area contributed by atoms with Crippen molar-refractivity contribution in [2.24, 2.45) is 5.92 Å². The minimum absolute atomic E-state index is 0.0259. The Balaban J connectivity index is 1.30. The molecule has 2 saturated heterocycles. The summed E-state index contributed by atoms with van der Waals surface area (Å²) in [5.41, 5.74) is 4.10. The first kappa shape index (κ1) is 21.9. The Bertz CT molecular complexity index is 1070. The number of carbonyl (C=O) groups excluding carboxylic acids is 1. The molecule has 4 aliphatic rings. The van der Waals surface area contributed by atoms with Crippen LogP contribution in [0.4, 0.5) is 22.9 Å². The van der Waals surface area contributed by atoms with Crippen LogP contribution in [0.15, 0.2) is 36.5 Å². The molecule has 1 amide bonds. The fourth-order valence-corrected chi connectivity index (χ4v) is 6.05. The molecule has 3 aliphatic heterocycles. The fourth-order valence-electron chi connectivity index (χ4n) is 6.05. The molecular weight excluding hydrogens is 428 g/mol. The zero-order valence-corrected chi connectivity index (χ0v) is 20.1. The lowest BCUT2D eigenvalue weighted by molar-refractivity contribution is -0.124. The topological polar surface area (TPSA) is 66.9 Å². The molecule has 4 heterocycles. The van der Waals surface area contributed by atoms with Gasteiger partial charge in [-0.3, -0.25) is 4.79 Å². The maximum absolute atomic E-state index is 14.0. The van der Waals surface area contributed by atoms with Gasteiger partial charge in [0.1, 0.15) is 5.82 Å². The van der Waals surface area contributed by atoms with Crippen molar-refractivity contribution in [3.63, 3.8) is 0 Å². The molecule has 0 spiro atoms. The third-order valence-electron chi connectivity index (χ3n) is 7.73. The summed E-state index contributed by atoms with van der Waals surface area (Å²) in [7, 11) is 0. The summed E-state index contributed by atoms with van der Waals surface area (Å²) in [5, 5.41) is 3.50. The number of aromatic nitrogens is 1. The van der Waals surface area contributed by atoms with E-state index in [1.165, 1.54) is 5.69 Å². The molecule has 34 heavy (non-hydrogen) atoms. The van der Waals surface area contributed by atoms with Gasteiger partial charge in [-0.1, -0.05) is 6.07 Å². The second kappa shape index (κ2) is 8.86. The van der Waals surface area contributed by atoms with Gasteiger partial charge in [0.15, 0.2) is 0 Å². The summed E-state index contributed by atoms with van der Waals surface area (Å²) >= 11 is 0. The summed E-state index contributed by atoms with van der Waals surface area (Å²) in [6, 6.07) is 10.9. The van der Waals surface area contributed by atoms with Gasteiger partial charge in [-0.2, -0.15) is 0 Å². The van der Waals surface area contributed by atoms with Gasteiger partial charge in [-0.15, -0.1) is 0 Å². The van der Waals surface area contributed by atoms with E-state index in [4.69, 9.17) is 9.47 Å². The number of nitrogens with zero attached hydrogens (tertiary/aromatic N) is 3. The molecular formula is C27H34N4O3. The van der Waals surface area contributed by atoms with Crippen molar-refractivity contribution >= 4 is 28.8 Å². The minimum Gasteiger partial charge on any atom is -0.376 e. The Kier molecular flexibility index (Phi) is 5.70. The largest absolute Gasteiger partial charge is 0.376 e. The van der Waals surface area contributed by atoms with Crippen LogP contribution in [0.25, 0.3) is 0 Å². The molecule has 1 aromatic heterocycles. The second-order valence-corrected chi connectivity index (χ2v) is 10.4. The molecule has 3 fully saturated rings. The number of anilines is 4. The van der Waals surface area contributed by atoms with Crippen LogP contribution in [0, 0.1) is 5.92 Å². The average molecular weight is 463 g/mol. The fraction of sp³-hybridized carbons (Fsp3) is 0.556. The number of nitrogens with one attached hydrogen (secondary N) is 1. The van der Waals surface area contributed by atoms with E-state index >= 15 is 0 Å². The average Bonchev–Trinajstić information content (AvgIpc) is 3.43. The predicted molar refractivity (Wildman–Crippen MR) is 133 cm³/mol. The van der Waals surface area contributed by atoms with E-state index < -0.39 is 0 Å². The van der Waals surface area contributed by atoms with E-state index in [1.54, 1.807) is 6.20 Å². The highest BCUT2D eigenvalue weighted by molar-refractivity contribution is 6.00. The summed E-state index contributed by atoms with van der Waals surface area (Å²) in [5.74, 6) is 1.07. The van der Waals surface area contributed by atoms with E-state index in [-0.39, 0.29) is 24.0 Å². The molecule has 1 N–H and O–H groups in total. The highest BCUT2D eigenvalue weighted by Gasteiger charge is 2.40. The van der Waals surface area contributed by atoms with Crippen molar-refractivity contribution in [2.45, 2.75) is 76.9 Å². The van der Waals surface area contributed by atoms with Crippen molar-refractivity contribution in [1.29, 1.82) is 0 Å². The molecule has 1 saturated carbocycles. The van der Waals surface area contributed by atoms with Crippen LogP contribution < -0.4 is 15.1 Å². The number of fused-ring (bicyclic) bond motifs is 4. The Morgan fingerprint density at radius 3 is 2.79 bits per heavy atom. The third kappa shape index (κ3) is 4.05. The van der Waals surface area contributed by atoms with Gasteiger partial charge in [0.25, 0.3) is 0 Å². The van der Waals surface area contributed by atoms with Gasteiger partial charge in [-0.05, 0) is 70.2 Å². The van der Waals surface area contributed by atoms with Crippen LogP contribution in [0.3, 0.4) is 0 Å². The molecule has 1 aliphatic carbocycles. The van der Waals surface area contributed by atoms with Gasteiger partial charge in [-0.25, -0.2) is 4.98 Å². The molecule has 180 valence electrons. The highest BCUT2D eigenvalue weighted by Crippen LogP contribution is 2.42. The Hall–Kier alpha value is -2.64. The lowest BCUT2D eigenvalue weighted by atomic mass is 9.86. The van der Waals surface area contributed by atoms with E-state index in [0.717, 1.165) is 68.0 Å². The number of morpholine rings is 1. The molecule has 1 aromatic carbocycles. The van der Waals surface area contributed by atoms with Gasteiger partial charge in [0, 0.05) is 29.9 Å².